The first kappa shape index (κ1) is 44.9. The average molecular weight is 842 g/mol. The zero-order valence-corrected chi connectivity index (χ0v) is 33.2. The lowest BCUT2D eigenvalue weighted by molar-refractivity contribution is -0.192. The van der Waals surface area contributed by atoms with Gasteiger partial charge < -0.3 is 30.5 Å². The van der Waals surface area contributed by atoms with E-state index < -0.39 is 47.5 Å². The molecule has 3 heterocycles. The second-order valence-electron chi connectivity index (χ2n) is 15.3. The van der Waals surface area contributed by atoms with E-state index in [1.54, 1.807) is 42.6 Å². The van der Waals surface area contributed by atoms with Gasteiger partial charge in [0.2, 0.25) is 17.6 Å². The first-order valence-corrected chi connectivity index (χ1v) is 19.2. The maximum absolute atomic E-state index is 15.7. The number of hydrogen-bond acceptors (Lipinski definition) is 11. The number of carboxylic acid groups (broad SMARTS) is 1. The van der Waals surface area contributed by atoms with E-state index in [9.17, 15) is 27.6 Å². The molecule has 16 nitrogen and oxygen atoms in total. The van der Waals surface area contributed by atoms with Gasteiger partial charge in [-0.1, -0.05) is 12.1 Å². The molecule has 2 aromatic carbocycles. The first-order valence-electron chi connectivity index (χ1n) is 19.2. The molecule has 1 aliphatic heterocycles. The van der Waals surface area contributed by atoms with Crippen molar-refractivity contribution < 1.29 is 51.3 Å². The lowest BCUT2D eigenvalue weighted by Crippen LogP contribution is -2.52. The highest BCUT2D eigenvalue weighted by atomic mass is 19.4. The van der Waals surface area contributed by atoms with E-state index in [0.29, 0.717) is 79.2 Å². The average Bonchev–Trinajstić information content (AvgIpc) is 3.75. The zero-order chi connectivity index (χ0) is 43.6. The van der Waals surface area contributed by atoms with Crippen molar-refractivity contribution in [1.82, 2.24) is 30.9 Å². The summed E-state index contributed by atoms with van der Waals surface area (Å²) in [4.78, 5) is 56.9. The Kier molecular flexibility index (Phi) is 14.8. The van der Waals surface area contributed by atoms with Crippen molar-refractivity contribution in [2.45, 2.75) is 70.7 Å². The number of aromatic nitrogens is 5. The molecule has 1 atom stereocenters. The lowest BCUT2D eigenvalue weighted by atomic mass is 9.81. The van der Waals surface area contributed by atoms with Gasteiger partial charge in [0.15, 0.2) is 0 Å². The fourth-order valence-corrected chi connectivity index (χ4v) is 6.86. The minimum atomic E-state index is -5.08. The number of hydrogen-bond donors (Lipinski definition) is 4. The molecular weight excluding hydrogens is 794 g/mol. The number of H-pyrrole nitrogens is 1. The number of carbonyl (C=O) groups excluding carboxylic acids is 3. The minimum absolute atomic E-state index is 0.00572. The molecule has 6 rings (SSSR count). The highest BCUT2D eigenvalue weighted by Gasteiger charge is 2.38. The van der Waals surface area contributed by atoms with Crippen molar-refractivity contribution in [2.75, 3.05) is 42.6 Å². The Morgan fingerprint density at radius 3 is 2.18 bits per heavy atom. The molecule has 5 N–H and O–H groups in total. The Hall–Kier alpha value is -6.18. The Labute approximate surface area is 342 Å². The molecule has 1 saturated heterocycles. The molecule has 0 radical (unpaired) electrons. The summed E-state index contributed by atoms with van der Waals surface area (Å²) in [6.45, 7) is 8.63. The first-order chi connectivity index (χ1) is 28.4. The van der Waals surface area contributed by atoms with Crippen molar-refractivity contribution in [3.05, 3.63) is 72.2 Å². The number of amides is 3. The molecule has 20 heteroatoms. The number of morpholine rings is 1. The van der Waals surface area contributed by atoms with Gasteiger partial charge in [0.25, 0.3) is 0 Å². The predicted molar refractivity (Wildman–Crippen MR) is 210 cm³/mol. The summed E-state index contributed by atoms with van der Waals surface area (Å²) >= 11 is 0. The lowest BCUT2D eigenvalue weighted by Gasteiger charge is -2.36. The van der Waals surface area contributed by atoms with Gasteiger partial charge in [-0.25, -0.2) is 19.0 Å². The van der Waals surface area contributed by atoms with E-state index in [2.05, 4.69) is 35.8 Å². The molecule has 1 aliphatic carbocycles. The van der Waals surface area contributed by atoms with Gasteiger partial charge in [-0.3, -0.25) is 14.5 Å². The molecule has 0 bridgehead atoms. The van der Waals surface area contributed by atoms with Gasteiger partial charge in [0.05, 0.1) is 13.2 Å². The highest BCUT2D eigenvalue weighted by Crippen LogP contribution is 2.34. The molecular formula is C40H47F4N9O7. The maximum atomic E-state index is 15.7. The number of nitrogens with zero attached hydrogens (tertiary/aromatic N) is 6. The van der Waals surface area contributed by atoms with Crippen LogP contribution in [0, 0.1) is 17.7 Å². The van der Waals surface area contributed by atoms with Gasteiger partial charge in [-0.05, 0) is 106 Å². The van der Waals surface area contributed by atoms with Crippen LogP contribution in [0.15, 0.2) is 60.8 Å². The molecule has 1 saturated carbocycles. The van der Waals surface area contributed by atoms with Gasteiger partial charge in [0, 0.05) is 60.5 Å². The van der Waals surface area contributed by atoms with E-state index in [1.165, 1.54) is 11.0 Å². The van der Waals surface area contributed by atoms with E-state index in [1.807, 2.05) is 32.9 Å². The third-order valence-corrected chi connectivity index (χ3v) is 9.86. The summed E-state index contributed by atoms with van der Waals surface area (Å²) in [6.07, 6.45) is -1.39. The Bertz CT molecular complexity index is 2070. The second kappa shape index (κ2) is 19.7. The molecule has 60 heavy (non-hydrogen) atoms. The van der Waals surface area contributed by atoms with Crippen molar-refractivity contribution in [3.63, 3.8) is 0 Å². The van der Waals surface area contributed by atoms with Crippen molar-refractivity contribution in [1.29, 1.82) is 0 Å². The Morgan fingerprint density at radius 2 is 1.65 bits per heavy atom. The number of benzene rings is 2. The summed E-state index contributed by atoms with van der Waals surface area (Å²) < 4.78 is 58.2. The summed E-state index contributed by atoms with van der Waals surface area (Å²) in [7, 11) is 0. The van der Waals surface area contributed by atoms with Crippen LogP contribution in [-0.4, -0.2) is 105 Å². The fourth-order valence-electron chi connectivity index (χ4n) is 6.86. The van der Waals surface area contributed by atoms with Gasteiger partial charge in [-0.15, -0.1) is 10.2 Å². The number of rotatable bonds is 11. The normalized spacial score (nSPS) is 17.4. The van der Waals surface area contributed by atoms with Crippen LogP contribution >= 0.6 is 0 Å². The van der Waals surface area contributed by atoms with E-state index in [4.69, 9.17) is 25.1 Å². The standard InChI is InChI=1S/C38H46FN9O5.C2HF3O2/c1-38(2,3)53-37(51)42-22-24-4-7-27(8-5-24)36(50)48(29-12-9-26(10-13-29)35-43-45-46-44-35)32(34(40)49)21-25-6-14-30(31(39)20-25)28-11-15-33(41-23-28)47-16-18-52-19-17-47;3-2(4,5)1(6)7/h6,9-15,20,23-24,27,32H,4-5,7-8,16-19,21-22H2,1-3H3,(H2,40,49)(H,42,51)(H,43,44,45,46);(H,6,7)/t24?,27?,32-;/m0./s1. The largest absolute Gasteiger partial charge is 0.490 e. The van der Waals surface area contributed by atoms with E-state index in [-0.39, 0.29) is 18.2 Å². The molecule has 0 unspecified atom stereocenters. The van der Waals surface area contributed by atoms with E-state index in [0.717, 1.165) is 18.9 Å². The van der Waals surface area contributed by atoms with Crippen LogP contribution in [0.3, 0.4) is 0 Å². The van der Waals surface area contributed by atoms with Gasteiger partial charge in [0.1, 0.15) is 23.3 Å². The van der Waals surface area contributed by atoms with Crippen LogP contribution in [0.4, 0.5) is 33.9 Å². The number of tetrazole rings is 1. The fraction of sp³-hybridized carbons (Fsp3) is 0.450. The van der Waals surface area contributed by atoms with Crippen LogP contribution in [0.2, 0.25) is 0 Å². The summed E-state index contributed by atoms with van der Waals surface area (Å²) in [5.74, 6) is -3.24. The monoisotopic (exact) mass is 841 g/mol. The molecule has 2 aromatic heterocycles. The van der Waals surface area contributed by atoms with E-state index >= 15 is 4.39 Å². The molecule has 3 amide bonds. The summed E-state index contributed by atoms with van der Waals surface area (Å²) in [5.41, 5.74) is 8.05. The summed E-state index contributed by atoms with van der Waals surface area (Å²) in [5, 5.41) is 24.0. The number of anilines is 2. The van der Waals surface area contributed by atoms with Crippen LogP contribution in [0.25, 0.3) is 22.5 Å². The smallest absolute Gasteiger partial charge is 0.475 e. The third-order valence-electron chi connectivity index (χ3n) is 9.86. The Balaban J connectivity index is 0.000000896. The third kappa shape index (κ3) is 12.4. The van der Waals surface area contributed by atoms with Crippen LogP contribution in [0.5, 0.6) is 0 Å². The SMILES string of the molecule is CC(C)(C)OC(=O)NCC1CCC(C(=O)N(c2ccc(-c3nn[nH]n3)cc2)[C@@H](Cc2ccc(-c3ccc(N4CCOCC4)nc3)c(F)c2)C(N)=O)CC1.O=C(O)C(F)(F)F. The second-order valence-corrected chi connectivity index (χ2v) is 15.3. The number of ether oxygens (including phenoxy) is 2. The summed E-state index contributed by atoms with van der Waals surface area (Å²) in [6, 6.07) is 14.3. The Morgan fingerprint density at radius 1 is 1.00 bits per heavy atom. The quantitative estimate of drug-likeness (QED) is 0.142. The van der Waals surface area contributed by atoms with Crippen LogP contribution < -0.4 is 20.9 Å². The maximum Gasteiger partial charge on any atom is 0.490 e. The predicted octanol–water partition coefficient (Wildman–Crippen LogP) is 5.30. The number of primary amides is 1. The van der Waals surface area contributed by atoms with Crippen molar-refractivity contribution in [2.24, 2.45) is 17.6 Å². The van der Waals surface area contributed by atoms with Gasteiger partial charge in [-0.2, -0.15) is 18.4 Å². The number of aromatic amines is 1. The number of pyridine rings is 1. The molecule has 2 fully saturated rings. The number of carbonyl (C=O) groups is 4. The molecule has 0 spiro atoms. The number of alkyl halides is 3. The molecule has 4 aromatic rings. The van der Waals surface area contributed by atoms with Crippen LogP contribution in [-0.2, 0) is 30.3 Å². The minimum Gasteiger partial charge on any atom is -0.475 e. The number of nitrogens with one attached hydrogen (secondary N) is 2. The number of nitrogens with two attached hydrogens (primary N) is 1. The van der Waals surface area contributed by atoms with Gasteiger partial charge >= 0.3 is 18.2 Å². The number of alkyl carbamates (subject to hydrolysis) is 1. The zero-order valence-electron chi connectivity index (χ0n) is 33.2. The molecule has 2 aliphatic rings. The van der Waals surface area contributed by atoms with Crippen LogP contribution in [0.1, 0.15) is 52.0 Å². The highest BCUT2D eigenvalue weighted by molar-refractivity contribution is 6.01. The molecule has 322 valence electrons. The number of halogens is 4. The van der Waals surface area contributed by atoms with Crippen molar-refractivity contribution >= 4 is 35.4 Å². The number of carboxylic acids is 1. The number of aliphatic carboxylic acids is 1. The topological polar surface area (TPSA) is 219 Å². The van der Waals surface area contributed by atoms with Crippen molar-refractivity contribution in [3.8, 4) is 22.5 Å².